The molecule has 5 aliphatic rings. The Labute approximate surface area is 355 Å². The molecule has 4 fully saturated rings. The number of rotatable bonds is 4. The first-order valence-electron chi connectivity index (χ1n) is 22.6. The third kappa shape index (κ3) is 3.70. The number of anilines is 3. The number of hydrogen-bond acceptors (Lipinski definition) is 1. The fourth-order valence-corrected chi connectivity index (χ4v) is 15.6. The molecule has 10 aromatic rings. The van der Waals surface area contributed by atoms with Crippen LogP contribution in [0.3, 0.4) is 0 Å². The van der Waals surface area contributed by atoms with Gasteiger partial charge in [0.05, 0.1) is 33.4 Å². The first-order valence-corrected chi connectivity index (χ1v) is 22.6. The van der Waals surface area contributed by atoms with E-state index < -0.39 is 0 Å². The number of nitrogens with zero attached hydrogens (tertiary/aromatic N) is 3. The monoisotopic (exact) mass is 783 g/mol. The highest BCUT2D eigenvalue weighted by Crippen LogP contribution is 2.94. The van der Waals surface area contributed by atoms with E-state index in [1.165, 1.54) is 104 Å². The first-order chi connectivity index (χ1) is 30.1. The van der Waals surface area contributed by atoms with Crippen LogP contribution in [0, 0.1) is 23.2 Å². The minimum Gasteiger partial charge on any atom is -0.309 e. The molecule has 0 radical (unpaired) electrons. The van der Waals surface area contributed by atoms with Crippen LogP contribution in [0.15, 0.2) is 176 Å². The van der Waals surface area contributed by atoms with Gasteiger partial charge in [0.1, 0.15) is 0 Å². The molecule has 4 saturated carbocycles. The van der Waals surface area contributed by atoms with Crippen LogP contribution in [0.25, 0.3) is 65.8 Å². The molecule has 4 aliphatic carbocycles. The van der Waals surface area contributed by atoms with Crippen LogP contribution in [0.5, 0.6) is 0 Å². The van der Waals surface area contributed by atoms with Crippen LogP contribution in [-0.2, 0) is 10.8 Å². The quantitative estimate of drug-likeness (QED) is 0.173. The maximum absolute atomic E-state index is 2.72. The number of aromatic nitrogens is 2. The summed E-state index contributed by atoms with van der Waals surface area (Å²) in [5.41, 5.74) is 15.5. The molecule has 1 spiro atoms. The molecule has 0 N–H and O–H groups in total. The van der Waals surface area contributed by atoms with Crippen LogP contribution in [0.2, 0.25) is 0 Å². The molecule has 2 bridgehead atoms. The SMILES string of the molecule is C[C@H]1C[C@@H]2CC34CC5(C[C@H](C1)C235)c1ccc(N(c2ccc(-n3c5ccccc5c5ccccc53)cc2)c2cccc3ccccc23)c2c3ccccc3n(c12)-c1ccccc14. The Kier molecular flexibility index (Phi) is 6.10. The van der Waals surface area contributed by atoms with Crippen molar-refractivity contribution < 1.29 is 0 Å². The van der Waals surface area contributed by atoms with Crippen molar-refractivity contribution >= 4 is 71.4 Å². The topological polar surface area (TPSA) is 13.1 Å². The van der Waals surface area contributed by atoms with Crippen LogP contribution < -0.4 is 4.90 Å². The highest BCUT2D eigenvalue weighted by atomic mass is 15.2. The van der Waals surface area contributed by atoms with E-state index in [0.717, 1.165) is 29.1 Å². The lowest BCUT2D eigenvalue weighted by atomic mass is 9.11. The Hall–Kier alpha value is -6.58. The summed E-state index contributed by atoms with van der Waals surface area (Å²) in [5.74, 6) is 2.48. The van der Waals surface area contributed by atoms with Crippen molar-refractivity contribution in [2.45, 2.75) is 49.9 Å². The van der Waals surface area contributed by atoms with Gasteiger partial charge >= 0.3 is 0 Å². The van der Waals surface area contributed by atoms with Gasteiger partial charge in [-0.3, -0.25) is 0 Å². The lowest BCUT2D eigenvalue weighted by Crippen LogP contribution is -2.90. The van der Waals surface area contributed by atoms with Crippen LogP contribution >= 0.6 is 0 Å². The summed E-state index contributed by atoms with van der Waals surface area (Å²) in [6.07, 6.45) is 6.79. The summed E-state index contributed by atoms with van der Waals surface area (Å²) in [5, 5.41) is 7.77. The van der Waals surface area contributed by atoms with Crippen LogP contribution in [0.4, 0.5) is 17.1 Å². The van der Waals surface area contributed by atoms with E-state index in [1.807, 2.05) is 0 Å². The maximum Gasteiger partial charge on any atom is 0.0600 e. The number of hydrogen-bond donors (Lipinski definition) is 0. The fourth-order valence-electron chi connectivity index (χ4n) is 15.6. The number of fused-ring (bicyclic) bond motifs is 9. The molecular weight excluding hydrogens is 739 g/mol. The zero-order valence-electron chi connectivity index (χ0n) is 34.4. The van der Waals surface area contributed by atoms with Crippen molar-refractivity contribution in [2.24, 2.45) is 23.2 Å². The summed E-state index contributed by atoms with van der Waals surface area (Å²) in [6.45, 7) is 2.54. The van der Waals surface area contributed by atoms with Gasteiger partial charge in [0.2, 0.25) is 0 Å². The van der Waals surface area contributed by atoms with Gasteiger partial charge in [-0.2, -0.15) is 0 Å². The molecule has 3 heterocycles. The average Bonchev–Trinajstić information content (AvgIpc) is 3.81. The van der Waals surface area contributed by atoms with Crippen molar-refractivity contribution in [3.05, 3.63) is 187 Å². The lowest BCUT2D eigenvalue weighted by molar-refractivity contribution is -0.367. The molecule has 3 heteroatoms. The molecular formula is C58H45N3. The van der Waals surface area contributed by atoms with E-state index >= 15 is 0 Å². The van der Waals surface area contributed by atoms with Crippen molar-refractivity contribution in [2.75, 3.05) is 4.90 Å². The molecule has 0 saturated heterocycles. The molecule has 15 rings (SSSR count). The highest BCUT2D eigenvalue weighted by Gasteiger charge is 2.90. The molecule has 61 heavy (non-hydrogen) atoms. The predicted molar refractivity (Wildman–Crippen MR) is 252 cm³/mol. The molecule has 1 aliphatic heterocycles. The molecule has 292 valence electrons. The normalized spacial score (nSPS) is 26.5. The van der Waals surface area contributed by atoms with Crippen LogP contribution in [-0.4, -0.2) is 9.13 Å². The Morgan fingerprint density at radius 2 is 1.08 bits per heavy atom. The van der Waals surface area contributed by atoms with Gasteiger partial charge in [0, 0.05) is 54.8 Å². The van der Waals surface area contributed by atoms with Gasteiger partial charge in [-0.1, -0.05) is 122 Å². The Morgan fingerprint density at radius 3 is 1.82 bits per heavy atom. The fraction of sp³-hybridized carbons (Fsp3) is 0.207. The summed E-state index contributed by atoms with van der Waals surface area (Å²) in [6, 6.07) is 66.8. The van der Waals surface area contributed by atoms with Gasteiger partial charge < -0.3 is 14.0 Å². The summed E-state index contributed by atoms with van der Waals surface area (Å²) in [4.78, 5) is 2.58. The van der Waals surface area contributed by atoms with Crippen molar-refractivity contribution in [3.8, 4) is 11.4 Å². The van der Waals surface area contributed by atoms with Crippen molar-refractivity contribution in [3.63, 3.8) is 0 Å². The standard InChI is InChI=1S/C58H45N3/c1-36-31-38-33-56-35-57(34-39(32-36)58(38,56)57)47-29-30-53(54-45-18-6-10-22-51(45)61(55(47)54)52-23-11-7-19-46(52)56)60(48-24-12-14-37-13-2-3-15-42(37)48)41-27-25-40(26-28-41)59-49-20-8-4-16-43(49)44-17-5-9-21-50(44)59/h2-30,36,38-39H,31-35H2,1H3/t36-,38+,39-,56?,57?,58?/m0/s1. The van der Waals surface area contributed by atoms with Gasteiger partial charge in [-0.15, -0.1) is 0 Å². The van der Waals surface area contributed by atoms with Gasteiger partial charge in [-0.25, -0.2) is 0 Å². The number of para-hydroxylation sites is 4. The smallest absolute Gasteiger partial charge is 0.0600 e. The molecule has 6 atom stereocenters. The Morgan fingerprint density at radius 1 is 0.492 bits per heavy atom. The summed E-state index contributed by atoms with van der Waals surface area (Å²) in [7, 11) is 0. The predicted octanol–water partition coefficient (Wildman–Crippen LogP) is 14.9. The van der Waals surface area contributed by atoms with Gasteiger partial charge in [-0.05, 0) is 132 Å². The number of benzene rings is 8. The van der Waals surface area contributed by atoms with E-state index in [9.17, 15) is 0 Å². The van der Waals surface area contributed by atoms with E-state index in [-0.39, 0.29) is 5.41 Å². The second-order valence-corrected chi connectivity index (χ2v) is 19.5. The van der Waals surface area contributed by atoms with E-state index in [2.05, 4.69) is 197 Å². The molecule has 0 amide bonds. The third-order valence-electron chi connectivity index (χ3n) is 17.2. The molecule has 2 aromatic heterocycles. The minimum absolute atomic E-state index is 0.228. The zero-order valence-corrected chi connectivity index (χ0v) is 34.4. The van der Waals surface area contributed by atoms with Crippen molar-refractivity contribution in [1.82, 2.24) is 9.13 Å². The van der Waals surface area contributed by atoms with Gasteiger partial charge in [0.25, 0.3) is 0 Å². The Bertz CT molecular complexity index is 3460. The van der Waals surface area contributed by atoms with Gasteiger partial charge in [0.15, 0.2) is 0 Å². The second kappa shape index (κ2) is 11.2. The Balaban J connectivity index is 1.02. The minimum atomic E-state index is 0.228. The molecule has 8 aromatic carbocycles. The summed E-state index contributed by atoms with van der Waals surface area (Å²) >= 11 is 0. The zero-order chi connectivity index (χ0) is 39.8. The largest absolute Gasteiger partial charge is 0.309 e. The van der Waals surface area contributed by atoms with E-state index in [1.54, 1.807) is 11.1 Å². The third-order valence-corrected chi connectivity index (χ3v) is 17.2. The van der Waals surface area contributed by atoms with Crippen LogP contribution in [0.1, 0.15) is 50.2 Å². The average molecular weight is 784 g/mol. The molecule has 3 unspecified atom stereocenters. The highest BCUT2D eigenvalue weighted by molar-refractivity contribution is 6.19. The lowest BCUT2D eigenvalue weighted by Gasteiger charge is -2.92. The van der Waals surface area contributed by atoms with Crippen molar-refractivity contribution in [1.29, 1.82) is 0 Å². The summed E-state index contributed by atoms with van der Waals surface area (Å²) < 4.78 is 5.14. The first kappa shape index (κ1) is 33.2. The molecule has 3 nitrogen and oxygen atoms in total. The van der Waals surface area contributed by atoms with E-state index in [0.29, 0.717) is 10.8 Å². The maximum atomic E-state index is 2.72. The second-order valence-electron chi connectivity index (χ2n) is 19.5. The van der Waals surface area contributed by atoms with E-state index in [4.69, 9.17) is 0 Å².